The number of para-hydroxylation sites is 1. The van der Waals surface area contributed by atoms with Gasteiger partial charge in [-0.3, -0.25) is 5.10 Å². The fourth-order valence-corrected chi connectivity index (χ4v) is 2.04. The van der Waals surface area contributed by atoms with E-state index in [1.165, 1.54) is 0 Å². The molecule has 0 fully saturated rings. The minimum absolute atomic E-state index is 0.328. The first-order chi connectivity index (χ1) is 9.81. The van der Waals surface area contributed by atoms with E-state index in [1.54, 1.807) is 12.3 Å². The highest BCUT2D eigenvalue weighted by atomic mass is 16.5. The molecule has 1 aromatic carbocycles. The molecule has 4 rings (SSSR count). The number of nitrogens with one attached hydrogen (secondary N) is 1. The molecule has 98 valence electrons. The van der Waals surface area contributed by atoms with E-state index in [0.29, 0.717) is 23.2 Å². The number of benzene rings is 1. The van der Waals surface area contributed by atoms with Crippen LogP contribution in [-0.2, 0) is 0 Å². The lowest BCUT2D eigenvalue weighted by Crippen LogP contribution is -1.81. The molecule has 0 spiro atoms. The average Bonchev–Trinajstić information content (AvgIpc) is 3.15. The maximum Gasteiger partial charge on any atom is 0.276 e. The summed E-state index contributed by atoms with van der Waals surface area (Å²) >= 11 is 0. The third-order valence-corrected chi connectivity index (χ3v) is 2.98. The molecular formula is C13H9N5O2. The van der Waals surface area contributed by atoms with Crippen molar-refractivity contribution in [1.29, 1.82) is 0 Å². The molecule has 0 atom stereocenters. The number of nitrogen functional groups attached to an aromatic ring is 1. The Labute approximate surface area is 112 Å². The van der Waals surface area contributed by atoms with Crippen molar-refractivity contribution < 1.29 is 8.94 Å². The van der Waals surface area contributed by atoms with E-state index < -0.39 is 0 Å². The first-order valence-corrected chi connectivity index (χ1v) is 5.93. The second-order valence-electron chi connectivity index (χ2n) is 4.28. The SMILES string of the molecule is Nc1cc(-c2nc(-c3coc4ccccc34)no2)[nH]n1. The van der Waals surface area contributed by atoms with E-state index in [9.17, 15) is 0 Å². The Morgan fingerprint density at radius 3 is 2.95 bits per heavy atom. The predicted molar refractivity (Wildman–Crippen MR) is 71.5 cm³/mol. The van der Waals surface area contributed by atoms with Crippen LogP contribution in [0.1, 0.15) is 0 Å². The van der Waals surface area contributed by atoms with Crippen LogP contribution in [0.3, 0.4) is 0 Å². The van der Waals surface area contributed by atoms with Gasteiger partial charge in [0.05, 0.1) is 5.56 Å². The highest BCUT2D eigenvalue weighted by Gasteiger charge is 2.16. The van der Waals surface area contributed by atoms with Gasteiger partial charge in [0.25, 0.3) is 5.89 Å². The Balaban J connectivity index is 1.82. The normalized spacial score (nSPS) is 11.2. The highest BCUT2D eigenvalue weighted by molar-refractivity contribution is 5.91. The second kappa shape index (κ2) is 3.95. The molecule has 0 aliphatic rings. The lowest BCUT2D eigenvalue weighted by Gasteiger charge is -1.88. The largest absolute Gasteiger partial charge is 0.464 e. The summed E-state index contributed by atoms with van der Waals surface area (Å²) in [6.45, 7) is 0. The topological polar surface area (TPSA) is 107 Å². The van der Waals surface area contributed by atoms with E-state index >= 15 is 0 Å². The number of rotatable bonds is 2. The zero-order chi connectivity index (χ0) is 13.5. The molecule has 20 heavy (non-hydrogen) atoms. The number of fused-ring (bicyclic) bond motifs is 1. The van der Waals surface area contributed by atoms with Crippen molar-refractivity contribution in [2.45, 2.75) is 0 Å². The number of aromatic amines is 1. The lowest BCUT2D eigenvalue weighted by atomic mass is 10.2. The number of furan rings is 1. The minimum atomic E-state index is 0.328. The number of nitrogens with two attached hydrogens (primary N) is 1. The molecule has 4 aromatic rings. The van der Waals surface area contributed by atoms with Gasteiger partial charge in [-0.1, -0.05) is 23.4 Å². The maximum absolute atomic E-state index is 5.54. The minimum Gasteiger partial charge on any atom is -0.464 e. The Morgan fingerprint density at radius 1 is 1.20 bits per heavy atom. The molecule has 3 aromatic heterocycles. The summed E-state index contributed by atoms with van der Waals surface area (Å²) in [7, 11) is 0. The molecule has 3 N–H and O–H groups in total. The van der Waals surface area contributed by atoms with Crippen LogP contribution in [0.2, 0.25) is 0 Å². The van der Waals surface area contributed by atoms with Crippen LogP contribution in [-0.4, -0.2) is 20.3 Å². The lowest BCUT2D eigenvalue weighted by molar-refractivity contribution is 0.431. The Hall–Kier alpha value is -3.09. The average molecular weight is 267 g/mol. The summed E-state index contributed by atoms with van der Waals surface area (Å²) in [5.41, 5.74) is 7.68. The fourth-order valence-electron chi connectivity index (χ4n) is 2.04. The molecule has 0 saturated heterocycles. The Morgan fingerprint density at radius 2 is 2.10 bits per heavy atom. The summed E-state index contributed by atoms with van der Waals surface area (Å²) in [4.78, 5) is 4.32. The zero-order valence-corrected chi connectivity index (χ0v) is 10.2. The van der Waals surface area contributed by atoms with Gasteiger partial charge in [0.15, 0.2) is 0 Å². The van der Waals surface area contributed by atoms with Gasteiger partial charge in [-0.2, -0.15) is 10.1 Å². The monoisotopic (exact) mass is 267 g/mol. The molecule has 0 radical (unpaired) electrons. The summed E-state index contributed by atoms with van der Waals surface area (Å²) in [6.07, 6.45) is 1.61. The molecule has 0 saturated carbocycles. The zero-order valence-electron chi connectivity index (χ0n) is 10.2. The maximum atomic E-state index is 5.54. The third kappa shape index (κ3) is 1.57. The van der Waals surface area contributed by atoms with Gasteiger partial charge in [0.1, 0.15) is 23.4 Å². The number of hydrogen-bond acceptors (Lipinski definition) is 6. The number of hydrogen-bond donors (Lipinski definition) is 2. The third-order valence-electron chi connectivity index (χ3n) is 2.98. The van der Waals surface area contributed by atoms with E-state index in [2.05, 4.69) is 20.3 Å². The highest BCUT2D eigenvalue weighted by Crippen LogP contribution is 2.29. The molecule has 7 heteroatoms. The quantitative estimate of drug-likeness (QED) is 0.577. The van der Waals surface area contributed by atoms with Crippen LogP contribution in [0.4, 0.5) is 5.82 Å². The van der Waals surface area contributed by atoms with E-state index in [0.717, 1.165) is 16.5 Å². The van der Waals surface area contributed by atoms with Crippen molar-refractivity contribution in [1.82, 2.24) is 20.3 Å². The first kappa shape index (κ1) is 10.8. The van der Waals surface area contributed by atoms with Crippen molar-refractivity contribution in [3.63, 3.8) is 0 Å². The second-order valence-corrected chi connectivity index (χ2v) is 4.28. The van der Waals surface area contributed by atoms with Crippen LogP contribution in [0.25, 0.3) is 33.9 Å². The number of nitrogens with zero attached hydrogens (tertiary/aromatic N) is 3. The van der Waals surface area contributed by atoms with Gasteiger partial charge in [0.2, 0.25) is 5.82 Å². The molecule has 0 aliphatic carbocycles. The first-order valence-electron chi connectivity index (χ1n) is 5.93. The van der Waals surface area contributed by atoms with Crippen molar-refractivity contribution >= 4 is 16.8 Å². The molecule has 0 amide bonds. The van der Waals surface area contributed by atoms with Gasteiger partial charge in [-0.15, -0.1) is 0 Å². The predicted octanol–water partition coefficient (Wildman–Crippen LogP) is 2.46. The molecule has 0 bridgehead atoms. The summed E-state index contributed by atoms with van der Waals surface area (Å²) in [5.74, 6) is 1.15. The summed E-state index contributed by atoms with van der Waals surface area (Å²) in [5, 5.41) is 11.4. The van der Waals surface area contributed by atoms with Crippen LogP contribution >= 0.6 is 0 Å². The number of aromatic nitrogens is 4. The standard InChI is InChI=1S/C13H9N5O2/c14-11-5-9(16-17-11)13-15-12(18-20-13)8-6-19-10-4-2-1-3-7(8)10/h1-6H,(H3,14,16,17). The van der Waals surface area contributed by atoms with Crippen molar-refractivity contribution in [2.75, 3.05) is 5.73 Å². The van der Waals surface area contributed by atoms with E-state index in [1.807, 2.05) is 24.3 Å². The van der Waals surface area contributed by atoms with Gasteiger partial charge in [-0.25, -0.2) is 0 Å². The van der Waals surface area contributed by atoms with Crippen molar-refractivity contribution in [2.24, 2.45) is 0 Å². The van der Waals surface area contributed by atoms with E-state index in [-0.39, 0.29) is 0 Å². The molecule has 7 nitrogen and oxygen atoms in total. The van der Waals surface area contributed by atoms with Crippen LogP contribution in [0.15, 0.2) is 45.5 Å². The fraction of sp³-hybridized carbons (Fsp3) is 0. The number of anilines is 1. The Bertz CT molecular complexity index is 889. The molecule has 0 unspecified atom stereocenters. The van der Waals surface area contributed by atoms with Gasteiger partial charge >= 0.3 is 0 Å². The van der Waals surface area contributed by atoms with Gasteiger partial charge < -0.3 is 14.7 Å². The van der Waals surface area contributed by atoms with Crippen molar-refractivity contribution in [3.05, 3.63) is 36.6 Å². The van der Waals surface area contributed by atoms with E-state index in [4.69, 9.17) is 14.7 Å². The van der Waals surface area contributed by atoms with Crippen LogP contribution in [0, 0.1) is 0 Å². The molecule has 3 heterocycles. The Kier molecular flexibility index (Phi) is 2.13. The van der Waals surface area contributed by atoms with Gasteiger partial charge in [-0.05, 0) is 6.07 Å². The number of H-pyrrole nitrogens is 1. The van der Waals surface area contributed by atoms with Crippen LogP contribution < -0.4 is 5.73 Å². The summed E-state index contributed by atoms with van der Waals surface area (Å²) < 4.78 is 10.7. The van der Waals surface area contributed by atoms with Gasteiger partial charge in [0, 0.05) is 11.5 Å². The summed E-state index contributed by atoms with van der Waals surface area (Å²) in [6, 6.07) is 9.29. The molecule has 0 aliphatic heterocycles. The van der Waals surface area contributed by atoms with Crippen molar-refractivity contribution in [3.8, 4) is 23.0 Å². The molecular weight excluding hydrogens is 258 g/mol. The van der Waals surface area contributed by atoms with Crippen LogP contribution in [0.5, 0.6) is 0 Å². The smallest absolute Gasteiger partial charge is 0.276 e.